The molecule has 0 spiro atoms. The number of imidazole rings is 1. The number of anilines is 1. The van der Waals surface area contributed by atoms with Crippen LogP contribution in [-0.4, -0.2) is 26.1 Å². The molecule has 0 radical (unpaired) electrons. The van der Waals surface area contributed by atoms with Crippen LogP contribution in [0.3, 0.4) is 0 Å². The van der Waals surface area contributed by atoms with E-state index in [1.54, 1.807) is 6.33 Å². The SMILES string of the molecule is Cn1ccnc1CCNc1ncnc2c1CCC2. The van der Waals surface area contributed by atoms with E-state index in [0.717, 1.165) is 37.4 Å². The molecule has 0 saturated carbocycles. The summed E-state index contributed by atoms with van der Waals surface area (Å²) in [6.07, 6.45) is 9.75. The summed E-state index contributed by atoms with van der Waals surface area (Å²) in [6.45, 7) is 0.855. The van der Waals surface area contributed by atoms with Crippen molar-refractivity contribution in [3.8, 4) is 0 Å². The number of aryl methyl sites for hydroxylation is 2. The predicted molar refractivity (Wildman–Crippen MR) is 69.5 cm³/mol. The van der Waals surface area contributed by atoms with Gasteiger partial charge < -0.3 is 9.88 Å². The minimum absolute atomic E-state index is 0.855. The van der Waals surface area contributed by atoms with Crippen molar-refractivity contribution >= 4 is 5.82 Å². The quantitative estimate of drug-likeness (QED) is 0.880. The first-order valence-corrected chi connectivity index (χ1v) is 6.37. The van der Waals surface area contributed by atoms with Crippen LogP contribution in [0.2, 0.25) is 0 Å². The van der Waals surface area contributed by atoms with Gasteiger partial charge in [-0.15, -0.1) is 0 Å². The number of nitrogens with one attached hydrogen (secondary N) is 1. The Kier molecular flexibility index (Phi) is 2.96. The minimum atomic E-state index is 0.855. The maximum Gasteiger partial charge on any atom is 0.132 e. The number of rotatable bonds is 4. The van der Waals surface area contributed by atoms with Crippen LogP contribution in [0.4, 0.5) is 5.82 Å². The molecule has 1 N–H and O–H groups in total. The van der Waals surface area contributed by atoms with Crippen molar-refractivity contribution in [3.05, 3.63) is 35.8 Å². The zero-order valence-corrected chi connectivity index (χ0v) is 10.6. The largest absolute Gasteiger partial charge is 0.369 e. The van der Waals surface area contributed by atoms with E-state index in [1.165, 1.54) is 17.7 Å². The summed E-state index contributed by atoms with van der Waals surface area (Å²) < 4.78 is 2.05. The van der Waals surface area contributed by atoms with E-state index in [0.29, 0.717) is 0 Å². The molecule has 0 bridgehead atoms. The van der Waals surface area contributed by atoms with Crippen LogP contribution in [0.15, 0.2) is 18.7 Å². The van der Waals surface area contributed by atoms with Gasteiger partial charge in [0.25, 0.3) is 0 Å². The maximum absolute atomic E-state index is 4.34. The summed E-state index contributed by atoms with van der Waals surface area (Å²) in [5.74, 6) is 2.10. The van der Waals surface area contributed by atoms with Crippen molar-refractivity contribution in [2.45, 2.75) is 25.7 Å². The van der Waals surface area contributed by atoms with Gasteiger partial charge in [0.15, 0.2) is 0 Å². The van der Waals surface area contributed by atoms with E-state index in [-0.39, 0.29) is 0 Å². The van der Waals surface area contributed by atoms with Gasteiger partial charge in [0.2, 0.25) is 0 Å². The van der Waals surface area contributed by atoms with Gasteiger partial charge in [-0.05, 0) is 19.3 Å². The lowest BCUT2D eigenvalue weighted by atomic mass is 10.2. The fourth-order valence-corrected chi connectivity index (χ4v) is 2.44. The molecule has 1 aliphatic carbocycles. The van der Waals surface area contributed by atoms with Gasteiger partial charge in [0, 0.05) is 43.7 Å². The smallest absolute Gasteiger partial charge is 0.132 e. The molecule has 5 nitrogen and oxygen atoms in total. The van der Waals surface area contributed by atoms with Crippen molar-refractivity contribution in [1.82, 2.24) is 19.5 Å². The number of hydrogen-bond donors (Lipinski definition) is 1. The molecule has 0 saturated heterocycles. The third kappa shape index (κ3) is 2.08. The summed E-state index contributed by atoms with van der Waals surface area (Å²) >= 11 is 0. The standard InChI is InChI=1S/C13H17N5/c1-18-8-7-14-12(18)5-6-15-13-10-3-2-4-11(10)16-9-17-13/h7-9H,2-6H2,1H3,(H,15,16,17). The molecule has 2 heterocycles. The minimum Gasteiger partial charge on any atom is -0.369 e. The highest BCUT2D eigenvalue weighted by molar-refractivity contribution is 5.47. The molecule has 0 unspecified atom stereocenters. The molecular weight excluding hydrogens is 226 g/mol. The predicted octanol–water partition coefficient (Wildman–Crippen LogP) is 1.35. The van der Waals surface area contributed by atoms with Crippen LogP contribution in [0, 0.1) is 0 Å². The monoisotopic (exact) mass is 243 g/mol. The number of hydrogen-bond acceptors (Lipinski definition) is 4. The maximum atomic E-state index is 4.34. The molecule has 1 aliphatic rings. The highest BCUT2D eigenvalue weighted by Crippen LogP contribution is 2.24. The summed E-state index contributed by atoms with van der Waals surface area (Å²) in [7, 11) is 2.02. The highest BCUT2D eigenvalue weighted by atomic mass is 15.1. The average Bonchev–Trinajstić information content (AvgIpc) is 2.99. The Labute approximate surface area is 106 Å². The van der Waals surface area contributed by atoms with Crippen LogP contribution < -0.4 is 5.32 Å². The number of nitrogens with zero attached hydrogens (tertiary/aromatic N) is 4. The first kappa shape index (κ1) is 11.2. The average molecular weight is 243 g/mol. The molecule has 0 atom stereocenters. The fraction of sp³-hybridized carbons (Fsp3) is 0.462. The van der Waals surface area contributed by atoms with Crippen LogP contribution >= 0.6 is 0 Å². The Morgan fingerprint density at radius 1 is 1.28 bits per heavy atom. The van der Waals surface area contributed by atoms with Crippen LogP contribution in [0.5, 0.6) is 0 Å². The summed E-state index contributed by atoms with van der Waals surface area (Å²) in [5, 5.41) is 3.41. The van der Waals surface area contributed by atoms with Gasteiger partial charge in [-0.1, -0.05) is 0 Å². The van der Waals surface area contributed by atoms with Crippen LogP contribution in [-0.2, 0) is 26.3 Å². The van der Waals surface area contributed by atoms with Gasteiger partial charge in [-0.25, -0.2) is 15.0 Å². The second kappa shape index (κ2) is 4.76. The van der Waals surface area contributed by atoms with E-state index in [2.05, 4.69) is 20.3 Å². The number of fused-ring (bicyclic) bond motifs is 1. The van der Waals surface area contributed by atoms with Gasteiger partial charge in [0.1, 0.15) is 18.0 Å². The zero-order valence-electron chi connectivity index (χ0n) is 10.6. The zero-order chi connectivity index (χ0) is 12.4. The van der Waals surface area contributed by atoms with E-state index < -0.39 is 0 Å². The second-order valence-electron chi connectivity index (χ2n) is 4.63. The van der Waals surface area contributed by atoms with E-state index in [4.69, 9.17) is 0 Å². The van der Waals surface area contributed by atoms with Crippen molar-refractivity contribution in [3.63, 3.8) is 0 Å². The molecular formula is C13H17N5. The van der Waals surface area contributed by atoms with Gasteiger partial charge >= 0.3 is 0 Å². The summed E-state index contributed by atoms with van der Waals surface area (Å²) in [4.78, 5) is 13.0. The third-order valence-electron chi connectivity index (χ3n) is 3.44. The molecule has 18 heavy (non-hydrogen) atoms. The van der Waals surface area contributed by atoms with Gasteiger partial charge in [-0.2, -0.15) is 0 Å². The lowest BCUT2D eigenvalue weighted by Crippen LogP contribution is -2.11. The summed E-state index contributed by atoms with van der Waals surface area (Å²) in [5.41, 5.74) is 2.52. The van der Waals surface area contributed by atoms with Crippen LogP contribution in [0.1, 0.15) is 23.5 Å². The highest BCUT2D eigenvalue weighted by Gasteiger charge is 2.16. The molecule has 0 aliphatic heterocycles. The molecule has 5 heteroatoms. The Morgan fingerprint density at radius 2 is 2.22 bits per heavy atom. The van der Waals surface area contributed by atoms with Gasteiger partial charge in [-0.3, -0.25) is 0 Å². The van der Waals surface area contributed by atoms with Crippen molar-refractivity contribution in [2.24, 2.45) is 7.05 Å². The normalized spacial score (nSPS) is 13.6. The van der Waals surface area contributed by atoms with E-state index in [9.17, 15) is 0 Å². The molecule has 0 fully saturated rings. The first-order chi connectivity index (χ1) is 8.84. The molecule has 94 valence electrons. The number of aromatic nitrogens is 4. The topological polar surface area (TPSA) is 55.6 Å². The van der Waals surface area contributed by atoms with E-state index in [1.807, 2.05) is 24.0 Å². The second-order valence-corrected chi connectivity index (χ2v) is 4.63. The lowest BCUT2D eigenvalue weighted by molar-refractivity contribution is 0.787. The Hall–Kier alpha value is -1.91. The Balaban J connectivity index is 1.64. The third-order valence-corrected chi connectivity index (χ3v) is 3.44. The molecule has 0 amide bonds. The molecule has 2 aromatic rings. The van der Waals surface area contributed by atoms with Crippen molar-refractivity contribution in [1.29, 1.82) is 0 Å². The Bertz CT molecular complexity index is 546. The Morgan fingerprint density at radius 3 is 3.06 bits per heavy atom. The fourth-order valence-electron chi connectivity index (χ4n) is 2.44. The van der Waals surface area contributed by atoms with Crippen molar-refractivity contribution in [2.75, 3.05) is 11.9 Å². The molecule has 3 rings (SSSR count). The molecule has 0 aromatic carbocycles. The van der Waals surface area contributed by atoms with Gasteiger partial charge in [0.05, 0.1) is 0 Å². The lowest BCUT2D eigenvalue weighted by Gasteiger charge is -2.09. The van der Waals surface area contributed by atoms with Crippen LogP contribution in [0.25, 0.3) is 0 Å². The van der Waals surface area contributed by atoms with E-state index >= 15 is 0 Å². The first-order valence-electron chi connectivity index (χ1n) is 6.37. The van der Waals surface area contributed by atoms with Crippen molar-refractivity contribution < 1.29 is 0 Å². The summed E-state index contributed by atoms with van der Waals surface area (Å²) in [6, 6.07) is 0. The molecule has 2 aromatic heterocycles.